The number of carbonyl (C=O) groups excluding carboxylic acids is 1. The first-order chi connectivity index (χ1) is 13.0. The number of sulfone groups is 1. The van der Waals surface area contributed by atoms with Crippen molar-refractivity contribution >= 4 is 27.3 Å². The van der Waals surface area contributed by atoms with E-state index in [2.05, 4.69) is 0 Å². The average molecular weight is 420 g/mol. The average Bonchev–Trinajstić information content (AvgIpc) is 2.62. The summed E-state index contributed by atoms with van der Waals surface area (Å²) in [5.74, 6) is -0.409. The van der Waals surface area contributed by atoms with Crippen molar-refractivity contribution in [3.05, 3.63) is 58.1 Å². The van der Waals surface area contributed by atoms with Crippen LogP contribution in [0.4, 0.5) is 0 Å². The predicted octanol–water partition coefficient (Wildman–Crippen LogP) is 3.85. The van der Waals surface area contributed by atoms with Gasteiger partial charge in [-0.05, 0) is 62.2 Å². The highest BCUT2D eigenvalue weighted by molar-refractivity contribution is 7.92. The van der Waals surface area contributed by atoms with Crippen LogP contribution >= 0.6 is 11.6 Å². The fraction of sp³-hybridized carbons (Fsp3) is 0.381. The zero-order valence-corrected chi connectivity index (χ0v) is 17.8. The molecule has 3 atom stereocenters. The molecular formula is C21H22ClNO4S. The minimum Gasteiger partial charge on any atom is -0.468 e. The Kier molecular flexibility index (Phi) is 4.28. The number of hydrogen-bond donors (Lipinski definition) is 0. The van der Waals surface area contributed by atoms with Gasteiger partial charge in [-0.3, -0.25) is 4.79 Å². The minimum atomic E-state index is -3.91. The van der Waals surface area contributed by atoms with E-state index in [1.165, 1.54) is 4.90 Å². The summed E-state index contributed by atoms with van der Waals surface area (Å²) in [6, 6.07) is 10.2. The van der Waals surface area contributed by atoms with Crippen LogP contribution in [0.2, 0.25) is 5.02 Å². The zero-order chi connectivity index (χ0) is 20.4. The summed E-state index contributed by atoms with van der Waals surface area (Å²) in [6.45, 7) is 5.60. The van der Waals surface area contributed by atoms with E-state index >= 15 is 0 Å². The van der Waals surface area contributed by atoms with E-state index in [0.29, 0.717) is 22.8 Å². The molecule has 1 saturated heterocycles. The van der Waals surface area contributed by atoms with E-state index in [9.17, 15) is 13.2 Å². The molecule has 2 heterocycles. The van der Waals surface area contributed by atoms with E-state index in [1.54, 1.807) is 43.4 Å². The molecule has 0 N–H and O–H groups in total. The Morgan fingerprint density at radius 2 is 1.86 bits per heavy atom. The van der Waals surface area contributed by atoms with Crippen molar-refractivity contribution in [2.24, 2.45) is 0 Å². The number of piperidine rings is 1. The SMILES string of the molecule is Cc1ccc(S(=O)(=O)[C@@H]2C(=O)N(C)[C@@]3(C)C[C@H]2c2cc(Cl)ccc2O3)cc1C. The second kappa shape index (κ2) is 6.22. The summed E-state index contributed by atoms with van der Waals surface area (Å²) in [5.41, 5.74) is 1.65. The Morgan fingerprint density at radius 1 is 1.14 bits per heavy atom. The summed E-state index contributed by atoms with van der Waals surface area (Å²) in [7, 11) is -2.31. The Labute approximate surface area is 170 Å². The van der Waals surface area contributed by atoms with E-state index in [-0.39, 0.29) is 4.90 Å². The molecule has 28 heavy (non-hydrogen) atoms. The first kappa shape index (κ1) is 19.3. The first-order valence-electron chi connectivity index (χ1n) is 9.12. The molecule has 7 heteroatoms. The Bertz CT molecular complexity index is 1100. The van der Waals surface area contributed by atoms with Crippen molar-refractivity contribution in [2.75, 3.05) is 7.05 Å². The molecule has 1 fully saturated rings. The third kappa shape index (κ3) is 2.73. The van der Waals surface area contributed by atoms with Gasteiger partial charge in [-0.25, -0.2) is 8.42 Å². The largest absolute Gasteiger partial charge is 0.468 e. The van der Waals surface area contributed by atoms with Gasteiger partial charge in [0.1, 0.15) is 5.75 Å². The normalized spacial score (nSPS) is 26.6. The number of fused-ring (bicyclic) bond motifs is 4. The molecular weight excluding hydrogens is 398 g/mol. The van der Waals surface area contributed by atoms with Gasteiger partial charge in [0, 0.05) is 30.0 Å². The number of amides is 1. The second-order valence-corrected chi connectivity index (χ2v) is 10.4. The van der Waals surface area contributed by atoms with Gasteiger partial charge in [0.05, 0.1) is 4.90 Å². The third-order valence-corrected chi connectivity index (χ3v) is 8.43. The molecule has 2 aliphatic rings. The summed E-state index contributed by atoms with van der Waals surface area (Å²) in [5, 5.41) is -0.728. The molecule has 0 aromatic heterocycles. The number of aryl methyl sites for hydroxylation is 2. The number of nitrogens with zero attached hydrogens (tertiary/aromatic N) is 1. The van der Waals surface area contributed by atoms with E-state index in [4.69, 9.17) is 16.3 Å². The lowest BCUT2D eigenvalue weighted by atomic mass is 9.80. The topological polar surface area (TPSA) is 63.7 Å². The maximum atomic E-state index is 13.6. The standard InChI is InChI=1S/C21H22ClNO4S/c1-12-5-7-15(9-13(12)2)28(25,26)19-17-11-21(3,23(4)20(19)24)27-18-8-6-14(22)10-16(17)18/h5-10,17,19H,11H2,1-4H3/t17-,19-,21+/m0/s1. The van der Waals surface area contributed by atoms with Crippen molar-refractivity contribution in [3.63, 3.8) is 0 Å². The van der Waals surface area contributed by atoms with Crippen molar-refractivity contribution in [2.45, 2.75) is 49.0 Å². The fourth-order valence-corrected chi connectivity index (χ4v) is 6.33. The smallest absolute Gasteiger partial charge is 0.244 e. The number of hydrogen-bond acceptors (Lipinski definition) is 4. The van der Waals surface area contributed by atoms with Crippen LogP contribution in [0.1, 0.15) is 36.0 Å². The Balaban J connectivity index is 1.91. The highest BCUT2D eigenvalue weighted by Crippen LogP contribution is 2.50. The molecule has 0 unspecified atom stereocenters. The highest BCUT2D eigenvalue weighted by Gasteiger charge is 2.57. The van der Waals surface area contributed by atoms with Crippen LogP contribution in [0.15, 0.2) is 41.3 Å². The lowest BCUT2D eigenvalue weighted by Crippen LogP contribution is -2.64. The van der Waals surface area contributed by atoms with Gasteiger partial charge in [-0.1, -0.05) is 17.7 Å². The maximum absolute atomic E-state index is 13.6. The van der Waals surface area contributed by atoms with Crippen LogP contribution in [-0.2, 0) is 14.6 Å². The molecule has 2 aliphatic heterocycles. The maximum Gasteiger partial charge on any atom is 0.244 e. The number of rotatable bonds is 2. The van der Waals surface area contributed by atoms with Gasteiger partial charge in [-0.15, -0.1) is 0 Å². The third-order valence-electron chi connectivity index (χ3n) is 6.09. The zero-order valence-electron chi connectivity index (χ0n) is 16.2. The number of ether oxygens (including phenoxy) is 1. The van der Waals surface area contributed by atoms with Crippen LogP contribution in [-0.4, -0.2) is 37.2 Å². The van der Waals surface area contributed by atoms with Crippen molar-refractivity contribution < 1.29 is 17.9 Å². The number of carbonyl (C=O) groups is 1. The number of halogens is 1. The first-order valence-corrected chi connectivity index (χ1v) is 11.0. The van der Waals surface area contributed by atoms with Crippen molar-refractivity contribution in [1.29, 1.82) is 0 Å². The molecule has 1 amide bonds. The lowest BCUT2D eigenvalue weighted by Gasteiger charge is -2.51. The Morgan fingerprint density at radius 3 is 2.54 bits per heavy atom. The van der Waals surface area contributed by atoms with Crippen LogP contribution in [0.5, 0.6) is 5.75 Å². The predicted molar refractivity (Wildman–Crippen MR) is 108 cm³/mol. The van der Waals surface area contributed by atoms with Crippen LogP contribution < -0.4 is 4.74 Å². The van der Waals surface area contributed by atoms with Crippen LogP contribution in [0.3, 0.4) is 0 Å². The molecule has 2 aromatic rings. The molecule has 4 rings (SSSR count). The monoisotopic (exact) mass is 419 g/mol. The second-order valence-electron chi connectivity index (χ2n) is 7.88. The number of benzene rings is 2. The lowest BCUT2D eigenvalue weighted by molar-refractivity contribution is -0.159. The van der Waals surface area contributed by atoms with Crippen molar-refractivity contribution in [3.8, 4) is 5.75 Å². The minimum absolute atomic E-state index is 0.168. The molecule has 0 aliphatic carbocycles. The summed E-state index contributed by atoms with van der Waals surface area (Å²) in [4.78, 5) is 14.8. The molecule has 148 valence electrons. The molecule has 0 saturated carbocycles. The Hall–Kier alpha value is -2.05. The molecule has 2 bridgehead atoms. The van der Waals surface area contributed by atoms with Gasteiger partial charge in [0.25, 0.3) is 0 Å². The van der Waals surface area contributed by atoms with E-state index in [1.807, 2.05) is 20.8 Å². The quantitative estimate of drug-likeness (QED) is 0.741. The van der Waals surface area contributed by atoms with Crippen LogP contribution in [0.25, 0.3) is 0 Å². The van der Waals surface area contributed by atoms with Crippen molar-refractivity contribution in [1.82, 2.24) is 4.90 Å². The number of likely N-dealkylation sites (tertiary alicyclic amines) is 1. The summed E-state index contributed by atoms with van der Waals surface area (Å²) < 4.78 is 33.3. The van der Waals surface area contributed by atoms with Gasteiger partial charge < -0.3 is 9.64 Å². The van der Waals surface area contributed by atoms with E-state index < -0.39 is 32.6 Å². The summed E-state index contributed by atoms with van der Waals surface area (Å²) >= 11 is 6.17. The van der Waals surface area contributed by atoms with Gasteiger partial charge in [-0.2, -0.15) is 0 Å². The van der Waals surface area contributed by atoms with Crippen LogP contribution in [0, 0.1) is 13.8 Å². The van der Waals surface area contributed by atoms with E-state index in [0.717, 1.165) is 11.1 Å². The molecule has 5 nitrogen and oxygen atoms in total. The molecule has 0 radical (unpaired) electrons. The van der Waals surface area contributed by atoms with Gasteiger partial charge in [0.15, 0.2) is 20.8 Å². The highest BCUT2D eigenvalue weighted by atomic mass is 35.5. The fourth-order valence-electron chi connectivity index (χ4n) is 4.16. The molecule has 0 spiro atoms. The summed E-state index contributed by atoms with van der Waals surface area (Å²) in [6.07, 6.45) is 0.386. The molecule has 2 aromatic carbocycles. The van der Waals surface area contributed by atoms with Gasteiger partial charge >= 0.3 is 0 Å². The van der Waals surface area contributed by atoms with Gasteiger partial charge in [0.2, 0.25) is 5.91 Å².